The van der Waals surface area contributed by atoms with Crippen molar-refractivity contribution in [2.75, 3.05) is 13.7 Å². The fraction of sp³-hybridized carbons (Fsp3) is 0.250. The van der Waals surface area contributed by atoms with Crippen LogP contribution in [0.2, 0.25) is 0 Å². The third-order valence-electron chi connectivity index (χ3n) is 4.70. The molecule has 0 spiro atoms. The van der Waals surface area contributed by atoms with Gasteiger partial charge in [0, 0.05) is 35.6 Å². The Labute approximate surface area is 151 Å². The Morgan fingerprint density at radius 1 is 1.23 bits per heavy atom. The summed E-state index contributed by atoms with van der Waals surface area (Å²) in [5, 5.41) is 2.99. The zero-order valence-electron chi connectivity index (χ0n) is 14.7. The zero-order valence-corrected chi connectivity index (χ0v) is 14.7. The van der Waals surface area contributed by atoms with Crippen LogP contribution >= 0.6 is 0 Å². The molecular weight excluding hydrogens is 328 g/mol. The lowest BCUT2D eigenvalue weighted by atomic mass is 9.93. The molecule has 1 amide bonds. The normalized spacial score (nSPS) is 16.5. The van der Waals surface area contributed by atoms with Crippen molar-refractivity contribution < 1.29 is 9.53 Å². The molecule has 132 valence electrons. The van der Waals surface area contributed by atoms with E-state index in [0.717, 1.165) is 28.3 Å². The van der Waals surface area contributed by atoms with Crippen LogP contribution in [0.5, 0.6) is 5.75 Å². The summed E-state index contributed by atoms with van der Waals surface area (Å²) in [4.78, 5) is 24.6. The number of nitrogens with one attached hydrogen (secondary N) is 2. The van der Waals surface area contributed by atoms with Crippen LogP contribution in [-0.2, 0) is 6.42 Å². The number of ether oxygens (including phenoxy) is 1. The lowest BCUT2D eigenvalue weighted by Gasteiger charge is -2.17. The number of aryl methyl sites for hydroxylation is 1. The second kappa shape index (κ2) is 6.63. The van der Waals surface area contributed by atoms with Crippen molar-refractivity contribution in [1.82, 2.24) is 20.3 Å². The van der Waals surface area contributed by atoms with Crippen LogP contribution < -0.4 is 10.1 Å². The number of hydrogen-bond donors (Lipinski definition) is 2. The number of aromatic amines is 1. The summed E-state index contributed by atoms with van der Waals surface area (Å²) in [6.45, 7) is 2.48. The molecule has 2 N–H and O–H groups in total. The number of nitrogens with zero attached hydrogens (tertiary/aromatic N) is 2. The summed E-state index contributed by atoms with van der Waals surface area (Å²) in [5.74, 6) is 1.49. The van der Waals surface area contributed by atoms with E-state index in [9.17, 15) is 4.79 Å². The van der Waals surface area contributed by atoms with Crippen molar-refractivity contribution >= 4 is 5.91 Å². The number of H-pyrrole nitrogens is 1. The summed E-state index contributed by atoms with van der Waals surface area (Å²) in [6, 6.07) is 11.8. The van der Waals surface area contributed by atoms with E-state index in [4.69, 9.17) is 4.74 Å². The molecule has 6 heteroatoms. The SMILES string of the molecule is COc1ccccc1[C@@H]1CNC(=O)c2nc(-c3ccnc(C)c3)[nH]c2C1. The second-order valence-corrected chi connectivity index (χ2v) is 6.45. The number of methoxy groups -OCH3 is 1. The Morgan fingerprint density at radius 2 is 2.08 bits per heavy atom. The van der Waals surface area contributed by atoms with Gasteiger partial charge in [-0.05, 0) is 37.1 Å². The monoisotopic (exact) mass is 348 g/mol. The molecule has 1 aliphatic heterocycles. The highest BCUT2D eigenvalue weighted by Gasteiger charge is 2.27. The van der Waals surface area contributed by atoms with Gasteiger partial charge in [0.15, 0.2) is 0 Å². The van der Waals surface area contributed by atoms with Gasteiger partial charge in [-0.2, -0.15) is 0 Å². The number of imidazole rings is 1. The molecule has 4 rings (SSSR count). The molecule has 1 aliphatic rings. The minimum absolute atomic E-state index is 0.115. The lowest BCUT2D eigenvalue weighted by molar-refractivity contribution is 0.0950. The topological polar surface area (TPSA) is 79.9 Å². The molecule has 0 aliphatic carbocycles. The number of rotatable bonds is 3. The van der Waals surface area contributed by atoms with Crippen molar-refractivity contribution in [1.29, 1.82) is 0 Å². The fourth-order valence-corrected chi connectivity index (χ4v) is 3.42. The van der Waals surface area contributed by atoms with E-state index < -0.39 is 0 Å². The Kier molecular flexibility index (Phi) is 4.16. The van der Waals surface area contributed by atoms with Crippen molar-refractivity contribution in [2.45, 2.75) is 19.3 Å². The molecule has 0 bridgehead atoms. The second-order valence-electron chi connectivity index (χ2n) is 6.45. The highest BCUT2D eigenvalue weighted by Crippen LogP contribution is 2.31. The van der Waals surface area contributed by atoms with Crippen LogP contribution in [0.3, 0.4) is 0 Å². The van der Waals surface area contributed by atoms with Gasteiger partial charge in [0.05, 0.1) is 7.11 Å². The van der Waals surface area contributed by atoms with Gasteiger partial charge in [-0.1, -0.05) is 18.2 Å². The standard InChI is InChI=1S/C20H20N4O2/c1-12-9-13(7-8-21-12)19-23-16-10-14(11-22-20(25)18(16)24-19)15-5-3-4-6-17(15)26-2/h3-9,14H,10-11H2,1-2H3,(H,22,25)(H,23,24)/t14-/m0/s1. The highest BCUT2D eigenvalue weighted by atomic mass is 16.5. The summed E-state index contributed by atoms with van der Waals surface area (Å²) in [5.41, 5.74) is 4.23. The van der Waals surface area contributed by atoms with E-state index in [0.29, 0.717) is 24.5 Å². The number of carbonyl (C=O) groups is 1. The third-order valence-corrected chi connectivity index (χ3v) is 4.70. The number of aromatic nitrogens is 3. The van der Waals surface area contributed by atoms with E-state index in [2.05, 4.69) is 20.3 Å². The predicted molar refractivity (Wildman–Crippen MR) is 98.3 cm³/mol. The zero-order chi connectivity index (χ0) is 18.1. The number of amides is 1. The fourth-order valence-electron chi connectivity index (χ4n) is 3.42. The van der Waals surface area contributed by atoms with E-state index >= 15 is 0 Å². The Bertz CT molecular complexity index is 964. The summed E-state index contributed by atoms with van der Waals surface area (Å²) < 4.78 is 5.50. The minimum Gasteiger partial charge on any atom is -0.496 e. The molecule has 6 nitrogen and oxygen atoms in total. The van der Waals surface area contributed by atoms with Gasteiger partial charge >= 0.3 is 0 Å². The van der Waals surface area contributed by atoms with E-state index in [1.807, 2.05) is 43.3 Å². The lowest BCUT2D eigenvalue weighted by Crippen LogP contribution is -2.26. The first-order chi connectivity index (χ1) is 12.7. The first-order valence-corrected chi connectivity index (χ1v) is 8.58. The van der Waals surface area contributed by atoms with Crippen molar-refractivity contribution in [2.24, 2.45) is 0 Å². The van der Waals surface area contributed by atoms with Gasteiger partial charge in [0.25, 0.3) is 5.91 Å². The van der Waals surface area contributed by atoms with Crippen molar-refractivity contribution in [3.05, 3.63) is 65.2 Å². The largest absolute Gasteiger partial charge is 0.496 e. The maximum atomic E-state index is 12.5. The van der Waals surface area contributed by atoms with Crippen LogP contribution in [0, 0.1) is 6.92 Å². The summed E-state index contributed by atoms with van der Waals surface area (Å²) >= 11 is 0. The number of para-hydroxylation sites is 1. The summed E-state index contributed by atoms with van der Waals surface area (Å²) in [6.07, 6.45) is 2.43. The van der Waals surface area contributed by atoms with Crippen LogP contribution in [-0.4, -0.2) is 34.5 Å². The first kappa shape index (κ1) is 16.3. The van der Waals surface area contributed by atoms with Crippen molar-refractivity contribution in [3.63, 3.8) is 0 Å². The molecule has 26 heavy (non-hydrogen) atoms. The Hall–Kier alpha value is -3.15. The van der Waals surface area contributed by atoms with Gasteiger partial charge in [-0.25, -0.2) is 4.98 Å². The molecule has 0 radical (unpaired) electrons. The van der Waals surface area contributed by atoms with E-state index in [1.54, 1.807) is 13.3 Å². The van der Waals surface area contributed by atoms with Gasteiger partial charge in [0.2, 0.25) is 0 Å². The number of pyridine rings is 1. The van der Waals surface area contributed by atoms with E-state index in [-0.39, 0.29) is 11.8 Å². The summed E-state index contributed by atoms with van der Waals surface area (Å²) in [7, 11) is 1.67. The molecule has 1 aromatic carbocycles. The van der Waals surface area contributed by atoms with Gasteiger partial charge in [-0.15, -0.1) is 0 Å². The highest BCUT2D eigenvalue weighted by molar-refractivity contribution is 5.94. The molecule has 0 saturated carbocycles. The molecule has 0 fully saturated rings. The molecule has 0 unspecified atom stereocenters. The van der Waals surface area contributed by atoms with Crippen LogP contribution in [0.25, 0.3) is 11.4 Å². The minimum atomic E-state index is -0.148. The molecular formula is C20H20N4O2. The molecule has 2 aromatic heterocycles. The number of benzene rings is 1. The molecule has 3 heterocycles. The Morgan fingerprint density at radius 3 is 2.88 bits per heavy atom. The quantitative estimate of drug-likeness (QED) is 0.763. The maximum absolute atomic E-state index is 12.5. The van der Waals surface area contributed by atoms with Crippen LogP contribution in [0.1, 0.15) is 33.4 Å². The van der Waals surface area contributed by atoms with Gasteiger partial charge in [0.1, 0.15) is 17.3 Å². The first-order valence-electron chi connectivity index (χ1n) is 8.58. The number of fused-ring (bicyclic) bond motifs is 1. The average molecular weight is 348 g/mol. The third kappa shape index (κ3) is 2.94. The molecule has 1 atom stereocenters. The van der Waals surface area contributed by atoms with Gasteiger partial charge < -0.3 is 15.0 Å². The number of hydrogen-bond acceptors (Lipinski definition) is 4. The molecule has 0 saturated heterocycles. The maximum Gasteiger partial charge on any atom is 0.271 e. The van der Waals surface area contributed by atoms with Crippen LogP contribution in [0.4, 0.5) is 0 Å². The predicted octanol–water partition coefficient (Wildman–Crippen LogP) is 2.86. The Balaban J connectivity index is 1.72. The smallest absolute Gasteiger partial charge is 0.271 e. The van der Waals surface area contributed by atoms with Gasteiger partial charge in [-0.3, -0.25) is 9.78 Å². The van der Waals surface area contributed by atoms with Crippen molar-refractivity contribution in [3.8, 4) is 17.1 Å². The number of carbonyl (C=O) groups excluding carboxylic acids is 1. The van der Waals surface area contributed by atoms with Crippen LogP contribution in [0.15, 0.2) is 42.6 Å². The average Bonchev–Trinajstić information content (AvgIpc) is 3.02. The molecule has 3 aromatic rings. The van der Waals surface area contributed by atoms with E-state index in [1.165, 1.54) is 0 Å².